The van der Waals surface area contributed by atoms with Crippen LogP contribution in [0, 0.1) is 0 Å². The third-order valence-corrected chi connectivity index (χ3v) is 5.61. The lowest BCUT2D eigenvalue weighted by Gasteiger charge is -2.12. The number of pyridine rings is 2. The van der Waals surface area contributed by atoms with Crippen molar-refractivity contribution in [1.82, 2.24) is 19.7 Å². The van der Waals surface area contributed by atoms with Gasteiger partial charge >= 0.3 is 0 Å². The summed E-state index contributed by atoms with van der Waals surface area (Å²) in [7, 11) is 0. The van der Waals surface area contributed by atoms with Crippen molar-refractivity contribution in [3.8, 4) is 11.1 Å². The van der Waals surface area contributed by atoms with Crippen LogP contribution in [-0.4, -0.2) is 19.7 Å². The van der Waals surface area contributed by atoms with Gasteiger partial charge in [0.1, 0.15) is 0 Å². The Hall–Kier alpha value is -4.25. The second-order valence-electron chi connectivity index (χ2n) is 7.93. The summed E-state index contributed by atoms with van der Waals surface area (Å²) in [6, 6.07) is 26.9. The number of aromatic nitrogens is 4. The van der Waals surface area contributed by atoms with Crippen LogP contribution in [0.1, 0.15) is 16.8 Å². The average molecular weight is 432 g/mol. The maximum atomic E-state index is 4.64. The summed E-state index contributed by atoms with van der Waals surface area (Å²) < 4.78 is 2.00. The summed E-state index contributed by atoms with van der Waals surface area (Å²) in [5, 5.41) is 8.04. The smallest absolute Gasteiger partial charge is 0.0659 e. The minimum atomic E-state index is 0.764. The van der Waals surface area contributed by atoms with Crippen LogP contribution in [0.15, 0.2) is 110 Å². The molecule has 2 aromatic carbocycles. The molecule has 0 aliphatic rings. The number of anilines is 2. The van der Waals surface area contributed by atoms with E-state index in [9.17, 15) is 0 Å². The molecular formula is C28H25N5. The summed E-state index contributed by atoms with van der Waals surface area (Å²) in [4.78, 5) is 8.83. The highest BCUT2D eigenvalue weighted by atomic mass is 15.3. The molecule has 5 rings (SSSR count). The van der Waals surface area contributed by atoms with E-state index in [2.05, 4.69) is 81.2 Å². The molecule has 0 aliphatic carbocycles. The van der Waals surface area contributed by atoms with Crippen LogP contribution in [0.3, 0.4) is 0 Å². The van der Waals surface area contributed by atoms with Gasteiger partial charge in [-0.2, -0.15) is 5.10 Å². The highest BCUT2D eigenvalue weighted by molar-refractivity contribution is 5.66. The molecule has 3 aromatic heterocycles. The maximum absolute atomic E-state index is 4.64. The zero-order valence-corrected chi connectivity index (χ0v) is 18.3. The van der Waals surface area contributed by atoms with Crippen molar-refractivity contribution in [3.63, 3.8) is 0 Å². The monoisotopic (exact) mass is 431 g/mol. The molecule has 0 radical (unpaired) electrons. The molecule has 33 heavy (non-hydrogen) atoms. The molecule has 162 valence electrons. The lowest BCUT2D eigenvalue weighted by atomic mass is 9.98. The Morgan fingerprint density at radius 1 is 0.758 bits per heavy atom. The Bertz CT molecular complexity index is 1310. The summed E-state index contributed by atoms with van der Waals surface area (Å²) in [6.45, 7) is 0.764. The first-order chi connectivity index (χ1) is 16.3. The first-order valence-corrected chi connectivity index (χ1v) is 11.1. The van der Waals surface area contributed by atoms with E-state index in [0.29, 0.717) is 0 Å². The van der Waals surface area contributed by atoms with Crippen molar-refractivity contribution in [3.05, 3.63) is 127 Å². The largest absolute Gasteiger partial charge is 0.353 e. The number of rotatable bonds is 8. The Labute approximate surface area is 193 Å². The van der Waals surface area contributed by atoms with Gasteiger partial charge in [-0.15, -0.1) is 0 Å². The molecular weight excluding hydrogens is 406 g/mol. The van der Waals surface area contributed by atoms with E-state index in [0.717, 1.165) is 42.0 Å². The van der Waals surface area contributed by atoms with E-state index in [1.807, 2.05) is 47.5 Å². The fraction of sp³-hybridized carbons (Fsp3) is 0.107. The SMILES string of the molecule is c1ccc(Cn2cc(-c3ccccc3CCc3ncccc3Nc3cccnc3)cn2)cc1. The molecule has 5 nitrogen and oxygen atoms in total. The van der Waals surface area contributed by atoms with E-state index in [1.165, 1.54) is 16.7 Å². The number of nitrogens with one attached hydrogen (secondary N) is 1. The standard InChI is InChI=1S/C28H25N5/c1-2-8-22(9-3-1)20-33-21-24(18-31-33)26-12-5-4-10-23(26)14-15-27-28(13-7-17-30-27)32-25-11-6-16-29-19-25/h1-13,16-19,21,32H,14-15,20H2. The van der Waals surface area contributed by atoms with E-state index in [4.69, 9.17) is 0 Å². The third kappa shape index (κ3) is 5.15. The molecule has 0 fully saturated rings. The average Bonchev–Trinajstić information content (AvgIpc) is 3.33. The number of hydrogen-bond donors (Lipinski definition) is 1. The van der Waals surface area contributed by atoms with Gasteiger partial charge in [-0.05, 0) is 53.8 Å². The number of aryl methyl sites for hydroxylation is 2. The van der Waals surface area contributed by atoms with Crippen molar-refractivity contribution in [1.29, 1.82) is 0 Å². The van der Waals surface area contributed by atoms with Crippen LogP contribution in [0.25, 0.3) is 11.1 Å². The number of benzene rings is 2. The minimum Gasteiger partial charge on any atom is -0.353 e. The second kappa shape index (κ2) is 9.92. The zero-order chi connectivity index (χ0) is 22.3. The number of hydrogen-bond acceptors (Lipinski definition) is 4. The van der Waals surface area contributed by atoms with Gasteiger partial charge in [-0.25, -0.2) is 0 Å². The second-order valence-corrected chi connectivity index (χ2v) is 7.93. The first kappa shape index (κ1) is 20.6. The Balaban J connectivity index is 1.33. The van der Waals surface area contributed by atoms with Crippen molar-refractivity contribution < 1.29 is 0 Å². The molecule has 5 heteroatoms. The summed E-state index contributed by atoms with van der Waals surface area (Å²) in [5.74, 6) is 0. The molecule has 5 aromatic rings. The van der Waals surface area contributed by atoms with E-state index in [-0.39, 0.29) is 0 Å². The molecule has 0 amide bonds. The zero-order valence-electron chi connectivity index (χ0n) is 18.3. The van der Waals surface area contributed by atoms with E-state index in [1.54, 1.807) is 6.20 Å². The third-order valence-electron chi connectivity index (χ3n) is 5.61. The molecule has 0 spiro atoms. The van der Waals surface area contributed by atoms with Gasteiger partial charge in [-0.1, -0.05) is 54.6 Å². The van der Waals surface area contributed by atoms with Gasteiger partial charge in [0.25, 0.3) is 0 Å². The Kier molecular flexibility index (Phi) is 6.20. The van der Waals surface area contributed by atoms with Crippen molar-refractivity contribution in [2.75, 3.05) is 5.32 Å². The highest BCUT2D eigenvalue weighted by Gasteiger charge is 2.10. The van der Waals surface area contributed by atoms with Crippen molar-refractivity contribution >= 4 is 11.4 Å². The summed E-state index contributed by atoms with van der Waals surface area (Å²) >= 11 is 0. The molecule has 0 aliphatic heterocycles. The molecule has 0 saturated carbocycles. The van der Waals surface area contributed by atoms with Gasteiger partial charge in [0.2, 0.25) is 0 Å². The fourth-order valence-corrected chi connectivity index (χ4v) is 3.98. The van der Waals surface area contributed by atoms with E-state index >= 15 is 0 Å². The number of nitrogens with zero attached hydrogens (tertiary/aromatic N) is 4. The van der Waals surface area contributed by atoms with Crippen molar-refractivity contribution in [2.45, 2.75) is 19.4 Å². The van der Waals surface area contributed by atoms with Crippen LogP contribution in [0.5, 0.6) is 0 Å². The van der Waals surface area contributed by atoms with Crippen LogP contribution in [-0.2, 0) is 19.4 Å². The molecule has 0 bridgehead atoms. The molecule has 0 atom stereocenters. The predicted octanol–water partition coefficient (Wildman–Crippen LogP) is 5.92. The van der Waals surface area contributed by atoms with Gasteiger partial charge in [-0.3, -0.25) is 14.6 Å². The van der Waals surface area contributed by atoms with Crippen LogP contribution in [0.4, 0.5) is 11.4 Å². The van der Waals surface area contributed by atoms with Crippen molar-refractivity contribution in [2.24, 2.45) is 0 Å². The topological polar surface area (TPSA) is 55.6 Å². The normalized spacial score (nSPS) is 10.8. The molecule has 1 N–H and O–H groups in total. The molecule has 0 unspecified atom stereocenters. The first-order valence-electron chi connectivity index (χ1n) is 11.1. The quantitative estimate of drug-likeness (QED) is 0.331. The fourth-order valence-electron chi connectivity index (χ4n) is 3.98. The lowest BCUT2D eigenvalue weighted by molar-refractivity contribution is 0.687. The van der Waals surface area contributed by atoms with Crippen LogP contribution in [0.2, 0.25) is 0 Å². The molecule has 0 saturated heterocycles. The predicted molar refractivity (Wildman–Crippen MR) is 132 cm³/mol. The molecule has 3 heterocycles. The van der Waals surface area contributed by atoms with Crippen LogP contribution < -0.4 is 5.32 Å². The Morgan fingerprint density at radius 3 is 2.48 bits per heavy atom. The highest BCUT2D eigenvalue weighted by Crippen LogP contribution is 2.26. The van der Waals surface area contributed by atoms with Gasteiger partial charge in [0.15, 0.2) is 0 Å². The van der Waals surface area contributed by atoms with Gasteiger partial charge in [0.05, 0.1) is 36.0 Å². The van der Waals surface area contributed by atoms with Gasteiger partial charge in [0, 0.05) is 24.2 Å². The van der Waals surface area contributed by atoms with Crippen LogP contribution >= 0.6 is 0 Å². The summed E-state index contributed by atoms with van der Waals surface area (Å²) in [6.07, 6.45) is 11.2. The van der Waals surface area contributed by atoms with Gasteiger partial charge < -0.3 is 5.32 Å². The lowest BCUT2D eigenvalue weighted by Crippen LogP contribution is -2.02. The maximum Gasteiger partial charge on any atom is 0.0659 e. The Morgan fingerprint density at radius 2 is 1.61 bits per heavy atom. The minimum absolute atomic E-state index is 0.764. The summed E-state index contributed by atoms with van der Waals surface area (Å²) in [5.41, 5.74) is 7.89. The van der Waals surface area contributed by atoms with E-state index < -0.39 is 0 Å².